The van der Waals surface area contributed by atoms with E-state index in [9.17, 15) is 14.4 Å². The molecule has 0 aromatic heterocycles. The summed E-state index contributed by atoms with van der Waals surface area (Å²) in [4.78, 5) is 38.4. The van der Waals surface area contributed by atoms with Crippen molar-refractivity contribution in [1.82, 2.24) is 0 Å². The number of rotatable bonds is 6. The lowest BCUT2D eigenvalue weighted by molar-refractivity contribution is -0.118. The summed E-state index contributed by atoms with van der Waals surface area (Å²) in [6, 6.07) is 10.3. The highest BCUT2D eigenvalue weighted by atomic mass is 16.5. The third-order valence-electron chi connectivity index (χ3n) is 4.13. The van der Waals surface area contributed by atoms with Gasteiger partial charge in [-0.3, -0.25) is 19.3 Å². The minimum absolute atomic E-state index is 0.0488. The molecule has 0 spiro atoms. The number of hydrogen-bond donors (Lipinski definition) is 1. The molecule has 0 radical (unpaired) electrons. The van der Waals surface area contributed by atoms with Crippen LogP contribution in [0.2, 0.25) is 0 Å². The van der Waals surface area contributed by atoms with Crippen LogP contribution in [0, 0.1) is 0 Å². The second kappa shape index (κ2) is 7.36. The molecule has 8 heteroatoms. The molecule has 0 unspecified atom stereocenters. The van der Waals surface area contributed by atoms with Gasteiger partial charge in [0.15, 0.2) is 11.5 Å². The molecule has 2 aromatic carbocycles. The number of hydrogen-bond acceptors (Lipinski definition) is 6. The third kappa shape index (κ3) is 3.17. The Labute approximate surface area is 155 Å². The fraction of sp³-hybridized carbons (Fsp3) is 0.211. The molecule has 0 atom stereocenters. The molecule has 1 aliphatic rings. The molecule has 2 amide bonds. The van der Waals surface area contributed by atoms with Crippen molar-refractivity contribution in [2.24, 2.45) is 0 Å². The average Bonchev–Trinajstić information content (AvgIpc) is 2.91. The molecule has 0 saturated heterocycles. The van der Waals surface area contributed by atoms with Crippen LogP contribution in [0.4, 0.5) is 11.4 Å². The monoisotopic (exact) mass is 370 g/mol. The fourth-order valence-corrected chi connectivity index (χ4v) is 2.94. The SMILES string of the molecule is COc1cc2c(c(OC)c1OC)C(=O)C(=O)N2CC(=O)Nc1ccccc1. The summed E-state index contributed by atoms with van der Waals surface area (Å²) in [5, 5.41) is 2.68. The molecule has 1 N–H and O–H groups in total. The third-order valence-corrected chi connectivity index (χ3v) is 4.13. The number of ketones is 1. The number of para-hydroxylation sites is 1. The van der Waals surface area contributed by atoms with Crippen molar-refractivity contribution in [2.75, 3.05) is 38.1 Å². The fourth-order valence-electron chi connectivity index (χ4n) is 2.94. The Bertz CT molecular complexity index is 910. The minimum Gasteiger partial charge on any atom is -0.493 e. The topological polar surface area (TPSA) is 94.2 Å². The molecule has 140 valence electrons. The average molecular weight is 370 g/mol. The molecular weight excluding hydrogens is 352 g/mol. The number of anilines is 2. The van der Waals surface area contributed by atoms with Crippen LogP contribution < -0.4 is 24.4 Å². The first-order valence-corrected chi connectivity index (χ1v) is 8.05. The summed E-state index contributed by atoms with van der Waals surface area (Å²) >= 11 is 0. The number of ether oxygens (including phenoxy) is 3. The lowest BCUT2D eigenvalue weighted by Crippen LogP contribution is -2.37. The van der Waals surface area contributed by atoms with E-state index in [0.717, 1.165) is 4.90 Å². The van der Waals surface area contributed by atoms with Crippen LogP contribution >= 0.6 is 0 Å². The summed E-state index contributed by atoms with van der Waals surface area (Å²) in [5.74, 6) is -1.45. The number of nitrogens with one attached hydrogen (secondary N) is 1. The van der Waals surface area contributed by atoms with Crippen LogP contribution in [-0.4, -0.2) is 45.5 Å². The van der Waals surface area contributed by atoms with Crippen molar-refractivity contribution in [3.05, 3.63) is 42.0 Å². The lowest BCUT2D eigenvalue weighted by atomic mass is 10.1. The zero-order chi connectivity index (χ0) is 19.6. The first-order valence-electron chi connectivity index (χ1n) is 8.05. The number of carbonyl (C=O) groups excluding carboxylic acids is 3. The van der Waals surface area contributed by atoms with Gasteiger partial charge in [0.2, 0.25) is 11.7 Å². The van der Waals surface area contributed by atoms with Crippen LogP contribution in [0.5, 0.6) is 17.2 Å². The Kier molecular flexibility index (Phi) is 4.98. The minimum atomic E-state index is -0.818. The summed E-state index contributed by atoms with van der Waals surface area (Å²) in [6.07, 6.45) is 0. The van der Waals surface area contributed by atoms with Crippen molar-refractivity contribution < 1.29 is 28.6 Å². The van der Waals surface area contributed by atoms with Gasteiger partial charge in [0, 0.05) is 11.8 Å². The van der Waals surface area contributed by atoms with E-state index in [1.165, 1.54) is 27.4 Å². The maximum absolute atomic E-state index is 12.5. The van der Waals surface area contributed by atoms with Crippen molar-refractivity contribution >= 4 is 29.0 Å². The van der Waals surface area contributed by atoms with Gasteiger partial charge >= 0.3 is 0 Å². The van der Waals surface area contributed by atoms with Gasteiger partial charge in [0.25, 0.3) is 11.7 Å². The van der Waals surface area contributed by atoms with Crippen LogP contribution in [0.3, 0.4) is 0 Å². The zero-order valence-corrected chi connectivity index (χ0v) is 15.1. The second-order valence-corrected chi connectivity index (χ2v) is 5.67. The van der Waals surface area contributed by atoms with Gasteiger partial charge in [-0.05, 0) is 12.1 Å². The van der Waals surface area contributed by atoms with Crippen molar-refractivity contribution in [3.8, 4) is 17.2 Å². The summed E-state index contributed by atoms with van der Waals surface area (Å²) in [5.41, 5.74) is 0.876. The molecule has 0 aliphatic carbocycles. The van der Waals surface area contributed by atoms with Gasteiger partial charge in [-0.2, -0.15) is 0 Å². The highest BCUT2D eigenvalue weighted by Crippen LogP contribution is 2.47. The Morgan fingerprint density at radius 2 is 1.67 bits per heavy atom. The molecule has 1 heterocycles. The summed E-state index contributed by atoms with van der Waals surface area (Å²) in [7, 11) is 4.19. The first kappa shape index (κ1) is 18.2. The Morgan fingerprint density at radius 3 is 2.26 bits per heavy atom. The number of Topliss-reactive ketones (excluding diaryl/α,β-unsaturated/α-hetero) is 1. The van der Waals surface area contributed by atoms with E-state index in [4.69, 9.17) is 14.2 Å². The molecule has 3 rings (SSSR count). The second-order valence-electron chi connectivity index (χ2n) is 5.67. The maximum Gasteiger partial charge on any atom is 0.300 e. The molecular formula is C19H18N2O6. The number of amides is 2. The largest absolute Gasteiger partial charge is 0.493 e. The Hall–Kier alpha value is -3.55. The smallest absolute Gasteiger partial charge is 0.300 e. The number of benzene rings is 2. The number of fused-ring (bicyclic) bond motifs is 1. The molecule has 8 nitrogen and oxygen atoms in total. The van der Waals surface area contributed by atoms with E-state index in [-0.39, 0.29) is 35.0 Å². The zero-order valence-electron chi connectivity index (χ0n) is 15.1. The normalized spacial score (nSPS) is 12.6. The van der Waals surface area contributed by atoms with Gasteiger partial charge < -0.3 is 19.5 Å². The standard InChI is InChI=1S/C19H18N2O6/c1-25-13-9-12-15(18(27-3)17(13)26-2)16(23)19(24)21(12)10-14(22)20-11-7-5-4-6-8-11/h4-9H,10H2,1-3H3,(H,20,22). The van der Waals surface area contributed by atoms with E-state index in [1.54, 1.807) is 24.3 Å². The Morgan fingerprint density at radius 1 is 1.00 bits per heavy atom. The number of methoxy groups -OCH3 is 3. The number of nitrogens with zero attached hydrogens (tertiary/aromatic N) is 1. The highest BCUT2D eigenvalue weighted by molar-refractivity contribution is 6.53. The van der Waals surface area contributed by atoms with Crippen LogP contribution in [-0.2, 0) is 9.59 Å². The predicted octanol–water partition coefficient (Wildman–Crippen LogP) is 1.88. The van der Waals surface area contributed by atoms with Crippen molar-refractivity contribution in [3.63, 3.8) is 0 Å². The van der Waals surface area contributed by atoms with Gasteiger partial charge in [-0.15, -0.1) is 0 Å². The van der Waals surface area contributed by atoms with Gasteiger partial charge in [-0.25, -0.2) is 0 Å². The van der Waals surface area contributed by atoms with Gasteiger partial charge in [-0.1, -0.05) is 18.2 Å². The van der Waals surface area contributed by atoms with Gasteiger partial charge in [0.1, 0.15) is 6.54 Å². The quantitative estimate of drug-likeness (QED) is 0.781. The van der Waals surface area contributed by atoms with E-state index in [0.29, 0.717) is 5.69 Å². The van der Waals surface area contributed by atoms with E-state index < -0.39 is 17.6 Å². The van der Waals surface area contributed by atoms with Crippen molar-refractivity contribution in [1.29, 1.82) is 0 Å². The molecule has 1 aliphatic heterocycles. The first-order chi connectivity index (χ1) is 13.0. The molecule has 2 aromatic rings. The lowest BCUT2D eigenvalue weighted by Gasteiger charge is -2.19. The molecule has 0 saturated carbocycles. The molecule has 0 fully saturated rings. The van der Waals surface area contributed by atoms with E-state index >= 15 is 0 Å². The van der Waals surface area contributed by atoms with Crippen molar-refractivity contribution in [2.45, 2.75) is 0 Å². The van der Waals surface area contributed by atoms with E-state index in [1.807, 2.05) is 6.07 Å². The predicted molar refractivity (Wildman–Crippen MR) is 97.9 cm³/mol. The van der Waals surface area contributed by atoms with Crippen LogP contribution in [0.25, 0.3) is 0 Å². The molecule has 27 heavy (non-hydrogen) atoms. The van der Waals surface area contributed by atoms with Crippen LogP contribution in [0.1, 0.15) is 10.4 Å². The molecule has 0 bridgehead atoms. The Balaban J connectivity index is 1.97. The summed E-state index contributed by atoms with van der Waals surface area (Å²) < 4.78 is 15.8. The van der Waals surface area contributed by atoms with E-state index in [2.05, 4.69) is 5.32 Å². The summed E-state index contributed by atoms with van der Waals surface area (Å²) in [6.45, 7) is -0.328. The number of carbonyl (C=O) groups is 3. The maximum atomic E-state index is 12.5. The highest BCUT2D eigenvalue weighted by Gasteiger charge is 2.42. The van der Waals surface area contributed by atoms with Gasteiger partial charge in [0.05, 0.1) is 32.6 Å². The van der Waals surface area contributed by atoms with Crippen LogP contribution in [0.15, 0.2) is 36.4 Å².